The fraction of sp³-hybridized carbons (Fsp3) is 0.179. The number of aliphatic hydroxyl groups is 1. The molecular formula is C28H24BrNO6. The highest BCUT2D eigenvalue weighted by atomic mass is 79.9. The molecule has 184 valence electrons. The molecule has 3 aromatic rings. The average molecular weight is 550 g/mol. The van der Waals surface area contributed by atoms with Crippen LogP contribution in [0.2, 0.25) is 0 Å². The zero-order valence-corrected chi connectivity index (χ0v) is 21.8. The molecule has 0 saturated carbocycles. The predicted octanol–water partition coefficient (Wildman–Crippen LogP) is 5.63. The summed E-state index contributed by atoms with van der Waals surface area (Å²) in [6.45, 7) is 5.16. The maximum absolute atomic E-state index is 13.4. The predicted molar refractivity (Wildman–Crippen MR) is 139 cm³/mol. The molecule has 1 unspecified atom stereocenters. The number of ether oxygens (including phenoxy) is 2. The molecule has 1 saturated heterocycles. The fourth-order valence-electron chi connectivity index (χ4n) is 4.17. The Kier molecular flexibility index (Phi) is 6.99. The van der Waals surface area contributed by atoms with Gasteiger partial charge in [-0.2, -0.15) is 0 Å². The minimum atomic E-state index is -0.955. The summed E-state index contributed by atoms with van der Waals surface area (Å²) >= 11 is 3.40. The van der Waals surface area contributed by atoms with E-state index >= 15 is 0 Å². The SMILES string of the molecule is COc1ccc(/C(O)=C2\C(=O)C(=O)N(c3ccc(C)c(C)c3)C2c2cccc(OC(C)=O)c2)cc1Br. The van der Waals surface area contributed by atoms with Crippen molar-refractivity contribution in [2.24, 2.45) is 0 Å². The summed E-state index contributed by atoms with van der Waals surface area (Å²) in [6.07, 6.45) is 0. The number of hydrogen-bond donors (Lipinski definition) is 1. The van der Waals surface area contributed by atoms with Crippen LogP contribution in [0.3, 0.4) is 0 Å². The number of anilines is 1. The zero-order valence-electron chi connectivity index (χ0n) is 20.2. The van der Waals surface area contributed by atoms with Gasteiger partial charge in [-0.05, 0) is 88.9 Å². The van der Waals surface area contributed by atoms with Crippen LogP contribution >= 0.6 is 15.9 Å². The van der Waals surface area contributed by atoms with Gasteiger partial charge >= 0.3 is 5.97 Å². The van der Waals surface area contributed by atoms with Gasteiger partial charge in [0.1, 0.15) is 17.3 Å². The Bertz CT molecular complexity index is 1430. The number of esters is 1. The van der Waals surface area contributed by atoms with Crippen molar-refractivity contribution < 1.29 is 29.0 Å². The minimum absolute atomic E-state index is 0.0738. The van der Waals surface area contributed by atoms with Gasteiger partial charge in [0.25, 0.3) is 11.7 Å². The second-order valence-corrected chi connectivity index (χ2v) is 9.31. The van der Waals surface area contributed by atoms with Gasteiger partial charge in [0.2, 0.25) is 0 Å². The Morgan fingerprint density at radius 1 is 1.00 bits per heavy atom. The molecule has 0 aliphatic carbocycles. The molecule has 0 radical (unpaired) electrons. The third-order valence-electron chi connectivity index (χ3n) is 6.07. The van der Waals surface area contributed by atoms with E-state index in [2.05, 4.69) is 15.9 Å². The zero-order chi connectivity index (χ0) is 26.1. The number of nitrogens with zero attached hydrogens (tertiary/aromatic N) is 1. The highest BCUT2D eigenvalue weighted by Gasteiger charge is 2.47. The Hall–Kier alpha value is -3.91. The van der Waals surface area contributed by atoms with E-state index in [4.69, 9.17) is 9.47 Å². The molecule has 1 heterocycles. The van der Waals surface area contributed by atoms with Gasteiger partial charge in [0, 0.05) is 18.2 Å². The molecule has 4 rings (SSSR count). The third kappa shape index (κ3) is 4.64. The van der Waals surface area contributed by atoms with Crippen molar-refractivity contribution in [1.29, 1.82) is 0 Å². The van der Waals surface area contributed by atoms with Crippen LogP contribution in [-0.2, 0) is 14.4 Å². The van der Waals surface area contributed by atoms with Gasteiger partial charge in [0.15, 0.2) is 0 Å². The van der Waals surface area contributed by atoms with E-state index in [9.17, 15) is 19.5 Å². The molecule has 1 N–H and O–H groups in total. The van der Waals surface area contributed by atoms with E-state index in [1.165, 1.54) is 18.9 Å². The molecular weight excluding hydrogens is 526 g/mol. The first-order valence-electron chi connectivity index (χ1n) is 11.1. The number of Topliss-reactive ketones (excluding diaryl/α,β-unsaturated/α-hetero) is 1. The van der Waals surface area contributed by atoms with E-state index in [0.717, 1.165) is 11.1 Å². The molecule has 7 nitrogen and oxygen atoms in total. The number of benzene rings is 3. The number of carbonyl (C=O) groups is 3. The summed E-state index contributed by atoms with van der Waals surface area (Å²) in [5.41, 5.74) is 3.25. The standard InChI is InChI=1S/C28H24BrNO6/c1-15-8-10-20(12-16(15)2)30-25(18-6-5-7-21(13-18)36-17(3)31)24(27(33)28(30)34)26(32)19-9-11-23(35-4)22(29)14-19/h5-14,25,32H,1-4H3/b26-24+. The summed E-state index contributed by atoms with van der Waals surface area (Å²) in [6, 6.07) is 15.9. The molecule has 0 spiro atoms. The van der Waals surface area contributed by atoms with Crippen molar-refractivity contribution in [2.45, 2.75) is 26.8 Å². The molecule has 1 amide bonds. The summed E-state index contributed by atoms with van der Waals surface area (Å²) < 4.78 is 11.1. The smallest absolute Gasteiger partial charge is 0.308 e. The van der Waals surface area contributed by atoms with E-state index in [1.54, 1.807) is 48.5 Å². The Balaban J connectivity index is 1.95. The van der Waals surface area contributed by atoms with Gasteiger partial charge < -0.3 is 14.6 Å². The molecule has 1 atom stereocenters. The van der Waals surface area contributed by atoms with Crippen molar-refractivity contribution in [1.82, 2.24) is 0 Å². The van der Waals surface area contributed by atoms with Crippen molar-refractivity contribution in [3.63, 3.8) is 0 Å². The van der Waals surface area contributed by atoms with Crippen LogP contribution in [0.5, 0.6) is 11.5 Å². The van der Waals surface area contributed by atoms with E-state index in [0.29, 0.717) is 27.0 Å². The topological polar surface area (TPSA) is 93.1 Å². The number of aliphatic hydroxyl groups excluding tert-OH is 1. The lowest BCUT2D eigenvalue weighted by Crippen LogP contribution is -2.29. The van der Waals surface area contributed by atoms with E-state index < -0.39 is 23.7 Å². The maximum Gasteiger partial charge on any atom is 0.308 e. The van der Waals surface area contributed by atoms with Crippen LogP contribution in [0.15, 0.2) is 70.7 Å². The van der Waals surface area contributed by atoms with Gasteiger partial charge in [-0.15, -0.1) is 0 Å². The number of carbonyl (C=O) groups excluding carboxylic acids is 3. The van der Waals surface area contributed by atoms with Gasteiger partial charge in [0.05, 0.1) is 23.2 Å². The molecule has 1 aliphatic rings. The van der Waals surface area contributed by atoms with Crippen LogP contribution in [0.4, 0.5) is 5.69 Å². The van der Waals surface area contributed by atoms with Gasteiger partial charge in [-0.1, -0.05) is 18.2 Å². The lowest BCUT2D eigenvalue weighted by atomic mass is 9.94. The average Bonchev–Trinajstić information content (AvgIpc) is 3.10. The molecule has 1 aliphatic heterocycles. The second kappa shape index (κ2) is 9.99. The summed E-state index contributed by atoms with van der Waals surface area (Å²) in [5.74, 6) is -1.61. The van der Waals surface area contributed by atoms with Gasteiger partial charge in [-0.3, -0.25) is 19.3 Å². The normalized spacial score (nSPS) is 16.8. The number of rotatable bonds is 5. The number of amides is 1. The van der Waals surface area contributed by atoms with E-state index in [1.807, 2.05) is 26.0 Å². The Morgan fingerprint density at radius 2 is 1.75 bits per heavy atom. The van der Waals surface area contributed by atoms with Gasteiger partial charge in [-0.25, -0.2) is 0 Å². The Labute approximate surface area is 217 Å². The number of hydrogen-bond acceptors (Lipinski definition) is 6. The summed E-state index contributed by atoms with van der Waals surface area (Å²) in [4.78, 5) is 39.7. The monoisotopic (exact) mass is 549 g/mol. The minimum Gasteiger partial charge on any atom is -0.507 e. The molecule has 8 heteroatoms. The third-order valence-corrected chi connectivity index (χ3v) is 6.69. The largest absolute Gasteiger partial charge is 0.507 e. The quantitative estimate of drug-likeness (QED) is 0.146. The van der Waals surface area contributed by atoms with Crippen molar-refractivity contribution in [3.8, 4) is 11.5 Å². The first-order valence-corrected chi connectivity index (χ1v) is 11.9. The molecule has 0 aromatic heterocycles. The summed E-state index contributed by atoms with van der Waals surface area (Å²) in [5, 5.41) is 11.3. The van der Waals surface area contributed by atoms with Crippen molar-refractivity contribution in [3.05, 3.63) is 93.0 Å². The summed E-state index contributed by atoms with van der Waals surface area (Å²) in [7, 11) is 1.52. The van der Waals surface area contributed by atoms with Crippen molar-refractivity contribution >= 4 is 45.0 Å². The van der Waals surface area contributed by atoms with Crippen LogP contribution < -0.4 is 14.4 Å². The van der Waals surface area contributed by atoms with Crippen LogP contribution in [0.1, 0.15) is 35.2 Å². The van der Waals surface area contributed by atoms with Crippen LogP contribution in [0, 0.1) is 13.8 Å². The van der Waals surface area contributed by atoms with Crippen LogP contribution in [0.25, 0.3) is 5.76 Å². The number of aryl methyl sites for hydroxylation is 2. The highest BCUT2D eigenvalue weighted by Crippen LogP contribution is 2.43. The molecule has 0 bridgehead atoms. The van der Waals surface area contributed by atoms with E-state index in [-0.39, 0.29) is 17.1 Å². The van der Waals surface area contributed by atoms with Crippen LogP contribution in [-0.4, -0.2) is 29.9 Å². The maximum atomic E-state index is 13.4. The lowest BCUT2D eigenvalue weighted by molar-refractivity contribution is -0.132. The Morgan fingerprint density at radius 3 is 2.39 bits per heavy atom. The lowest BCUT2D eigenvalue weighted by Gasteiger charge is -2.26. The second-order valence-electron chi connectivity index (χ2n) is 8.45. The number of halogens is 1. The van der Waals surface area contributed by atoms with Crippen molar-refractivity contribution in [2.75, 3.05) is 12.0 Å². The molecule has 36 heavy (non-hydrogen) atoms. The molecule has 1 fully saturated rings. The number of ketones is 1. The fourth-order valence-corrected chi connectivity index (χ4v) is 4.71. The molecule has 3 aromatic carbocycles. The highest BCUT2D eigenvalue weighted by molar-refractivity contribution is 9.10. The number of methoxy groups -OCH3 is 1. The first-order chi connectivity index (χ1) is 17.1. The first kappa shape index (κ1) is 25.2.